The van der Waals surface area contributed by atoms with Gasteiger partial charge >= 0.3 is 5.97 Å². The first-order chi connectivity index (χ1) is 22.2. The van der Waals surface area contributed by atoms with Crippen LogP contribution in [0.5, 0.6) is 5.75 Å². The van der Waals surface area contributed by atoms with Crippen LogP contribution < -0.4 is 4.74 Å². The Bertz CT molecular complexity index is 1650. The van der Waals surface area contributed by atoms with Gasteiger partial charge in [-0.2, -0.15) is 0 Å². The number of amides is 1. The molecule has 46 heavy (non-hydrogen) atoms. The van der Waals surface area contributed by atoms with E-state index in [4.69, 9.17) is 9.47 Å². The highest BCUT2D eigenvalue weighted by Crippen LogP contribution is 2.65. The molecule has 4 aliphatic rings. The van der Waals surface area contributed by atoms with E-state index in [1.165, 1.54) is 16.7 Å². The van der Waals surface area contributed by atoms with E-state index in [-0.39, 0.29) is 36.0 Å². The fourth-order valence-electron chi connectivity index (χ4n) is 9.33. The van der Waals surface area contributed by atoms with E-state index in [9.17, 15) is 9.59 Å². The number of benzene rings is 3. The molecule has 2 unspecified atom stereocenters. The van der Waals surface area contributed by atoms with Crippen molar-refractivity contribution in [2.75, 3.05) is 19.6 Å². The number of carbonyl (C=O) groups is 2. The molecule has 0 N–H and O–H groups in total. The zero-order valence-electron chi connectivity index (χ0n) is 27.6. The van der Waals surface area contributed by atoms with Crippen LogP contribution in [0, 0.1) is 12.8 Å². The van der Waals surface area contributed by atoms with Crippen LogP contribution in [0.25, 0.3) is 6.08 Å². The van der Waals surface area contributed by atoms with Crippen molar-refractivity contribution in [2.45, 2.75) is 89.0 Å². The number of aryl methyl sites for hydroxylation is 1. The Labute approximate surface area is 273 Å². The number of hydrogen-bond acceptors (Lipinski definition) is 5. The summed E-state index contributed by atoms with van der Waals surface area (Å²) in [7, 11) is 0. The van der Waals surface area contributed by atoms with E-state index in [0.717, 1.165) is 49.2 Å². The van der Waals surface area contributed by atoms with Gasteiger partial charge in [-0.1, -0.05) is 86.1 Å². The van der Waals surface area contributed by atoms with Crippen LogP contribution in [-0.4, -0.2) is 65.1 Å². The lowest BCUT2D eigenvalue weighted by atomic mass is 9.48. The lowest BCUT2D eigenvalue weighted by Gasteiger charge is -2.65. The number of ether oxygens (including phenoxy) is 2. The molecule has 0 aromatic heterocycles. The molecule has 3 aromatic carbocycles. The van der Waals surface area contributed by atoms with Gasteiger partial charge < -0.3 is 14.4 Å². The molecule has 6 nitrogen and oxygen atoms in total. The first kappa shape index (κ1) is 30.7. The van der Waals surface area contributed by atoms with Crippen molar-refractivity contribution in [3.63, 3.8) is 0 Å². The van der Waals surface area contributed by atoms with E-state index < -0.39 is 11.0 Å². The number of rotatable bonds is 9. The molecule has 1 saturated heterocycles. The summed E-state index contributed by atoms with van der Waals surface area (Å²) in [4.78, 5) is 31.9. The number of nitrogens with zero attached hydrogens (tertiary/aromatic N) is 2. The van der Waals surface area contributed by atoms with Gasteiger partial charge in [-0.3, -0.25) is 14.5 Å². The van der Waals surface area contributed by atoms with E-state index in [1.54, 1.807) is 13.0 Å². The van der Waals surface area contributed by atoms with Crippen LogP contribution in [0.3, 0.4) is 0 Å². The molecule has 1 saturated carbocycles. The fourth-order valence-corrected chi connectivity index (χ4v) is 9.33. The Morgan fingerprint density at radius 2 is 1.87 bits per heavy atom. The molecule has 2 aliphatic heterocycles. The highest BCUT2D eigenvalue weighted by Gasteiger charge is 2.75. The predicted molar refractivity (Wildman–Crippen MR) is 181 cm³/mol. The molecule has 2 heterocycles. The zero-order chi connectivity index (χ0) is 32.1. The lowest BCUT2D eigenvalue weighted by Crippen LogP contribution is -2.79. The largest absolute Gasteiger partial charge is 0.487 e. The van der Waals surface area contributed by atoms with Crippen molar-refractivity contribution in [3.05, 3.63) is 107 Å². The summed E-state index contributed by atoms with van der Waals surface area (Å²) in [6, 6.07) is 25.2. The van der Waals surface area contributed by atoms with Gasteiger partial charge in [0, 0.05) is 31.7 Å². The van der Waals surface area contributed by atoms with Crippen molar-refractivity contribution in [1.82, 2.24) is 9.80 Å². The van der Waals surface area contributed by atoms with E-state index in [2.05, 4.69) is 91.2 Å². The molecule has 2 bridgehead atoms. The Hall–Kier alpha value is -3.90. The van der Waals surface area contributed by atoms with Crippen LogP contribution in [-0.2, 0) is 32.6 Å². The topological polar surface area (TPSA) is 59.1 Å². The maximum absolute atomic E-state index is 14.2. The predicted octanol–water partition coefficient (Wildman–Crippen LogP) is 6.53. The second-order valence-corrected chi connectivity index (χ2v) is 14.3. The minimum atomic E-state index is -0.724. The number of esters is 1. The van der Waals surface area contributed by atoms with Gasteiger partial charge in [0.2, 0.25) is 5.91 Å². The normalized spacial score (nSPS) is 27.7. The molecule has 6 heteroatoms. The summed E-state index contributed by atoms with van der Waals surface area (Å²) in [5.41, 5.74) is 4.76. The van der Waals surface area contributed by atoms with Gasteiger partial charge in [0.25, 0.3) is 0 Å². The molecule has 7 rings (SSSR count). The van der Waals surface area contributed by atoms with Crippen molar-refractivity contribution < 1.29 is 19.1 Å². The first-order valence-electron chi connectivity index (χ1n) is 17.0. The Morgan fingerprint density at radius 3 is 2.63 bits per heavy atom. The smallest absolute Gasteiger partial charge is 0.303 e. The molecule has 5 atom stereocenters. The third-order valence-electron chi connectivity index (χ3n) is 11.0. The average molecular weight is 619 g/mol. The van der Waals surface area contributed by atoms with Crippen molar-refractivity contribution >= 4 is 18.0 Å². The van der Waals surface area contributed by atoms with Gasteiger partial charge in [-0.15, -0.1) is 0 Å². The van der Waals surface area contributed by atoms with E-state index in [0.29, 0.717) is 19.4 Å². The minimum absolute atomic E-state index is 0.00373. The second-order valence-electron chi connectivity index (χ2n) is 14.3. The molecule has 1 amide bonds. The number of piperidine rings is 1. The molecule has 2 aliphatic carbocycles. The Morgan fingerprint density at radius 1 is 1.07 bits per heavy atom. The van der Waals surface area contributed by atoms with Crippen LogP contribution in [0.4, 0.5) is 0 Å². The Kier molecular flexibility index (Phi) is 8.04. The van der Waals surface area contributed by atoms with Gasteiger partial charge in [0.05, 0.1) is 17.5 Å². The molecule has 3 aromatic rings. The molecule has 1 spiro atoms. The van der Waals surface area contributed by atoms with Crippen LogP contribution in [0.1, 0.15) is 67.9 Å². The minimum Gasteiger partial charge on any atom is -0.487 e. The molecule has 0 radical (unpaired) electrons. The summed E-state index contributed by atoms with van der Waals surface area (Å²) >= 11 is 0. The van der Waals surface area contributed by atoms with Crippen molar-refractivity contribution in [3.8, 4) is 5.75 Å². The second kappa shape index (κ2) is 12.0. The SMILES string of the molecule is CC(=O)O[C@@]12CCC(N(CC(C)C)C(=O)/C=C/c3cccc(C)c3)C3Oc4cccc5c4[C@@]31CCN(CCc1ccccc1)[C@@H]2C5. The van der Waals surface area contributed by atoms with E-state index >= 15 is 0 Å². The fraction of sp³-hybridized carbons (Fsp3) is 0.450. The quantitative estimate of drug-likeness (QED) is 0.202. The summed E-state index contributed by atoms with van der Waals surface area (Å²) < 4.78 is 13.7. The van der Waals surface area contributed by atoms with Gasteiger partial charge in [-0.25, -0.2) is 0 Å². The average Bonchev–Trinajstić information content (AvgIpc) is 3.37. The number of hydrogen-bond donors (Lipinski definition) is 0. The van der Waals surface area contributed by atoms with Crippen molar-refractivity contribution in [2.24, 2.45) is 5.92 Å². The van der Waals surface area contributed by atoms with Crippen LogP contribution >= 0.6 is 0 Å². The van der Waals surface area contributed by atoms with Gasteiger partial charge in [-0.05, 0) is 80.3 Å². The first-order valence-corrected chi connectivity index (χ1v) is 17.0. The summed E-state index contributed by atoms with van der Waals surface area (Å²) in [6.45, 7) is 10.4. The van der Waals surface area contributed by atoms with Crippen LogP contribution in [0.2, 0.25) is 0 Å². The molecular formula is C40H46N2O4. The summed E-state index contributed by atoms with van der Waals surface area (Å²) in [5.74, 6) is 0.946. The highest BCUT2D eigenvalue weighted by atomic mass is 16.6. The molecular weight excluding hydrogens is 572 g/mol. The number of likely N-dealkylation sites (tertiary alicyclic amines) is 1. The standard InChI is InChI=1S/C40H46N2O4/c1-27(2)26-42(36(44)17-16-31-13-8-10-28(3)24-31)33-18-20-40(46-29(4)43)35-25-32-14-9-15-34-37(32)39(40,38(33)45-34)21-23-41(35)22-19-30-11-6-5-7-12-30/h5-17,24,27,33,35,38H,18-23,25-26H2,1-4H3/b17-16+/t33?,35-,38?,39+,40-/m1/s1. The van der Waals surface area contributed by atoms with Gasteiger partial charge in [0.15, 0.2) is 0 Å². The van der Waals surface area contributed by atoms with Crippen LogP contribution in [0.15, 0.2) is 78.9 Å². The maximum Gasteiger partial charge on any atom is 0.303 e. The monoisotopic (exact) mass is 618 g/mol. The maximum atomic E-state index is 14.2. The number of carbonyl (C=O) groups excluding carboxylic acids is 2. The highest BCUT2D eigenvalue weighted by molar-refractivity contribution is 5.92. The van der Waals surface area contributed by atoms with Gasteiger partial charge in [0.1, 0.15) is 17.5 Å². The van der Waals surface area contributed by atoms with E-state index in [1.807, 2.05) is 18.2 Å². The Balaban J connectivity index is 1.28. The molecule has 2 fully saturated rings. The van der Waals surface area contributed by atoms with Crippen molar-refractivity contribution in [1.29, 1.82) is 0 Å². The summed E-state index contributed by atoms with van der Waals surface area (Å²) in [5, 5.41) is 0. The summed E-state index contributed by atoms with van der Waals surface area (Å²) in [6.07, 6.45) is 7.35. The lowest BCUT2D eigenvalue weighted by molar-refractivity contribution is -0.224. The molecule has 240 valence electrons. The third-order valence-corrected chi connectivity index (χ3v) is 11.0. The third kappa shape index (κ3) is 5.06. The zero-order valence-corrected chi connectivity index (χ0v) is 27.6.